The van der Waals surface area contributed by atoms with Crippen LogP contribution >= 0.6 is 0 Å². The molecule has 0 spiro atoms. The van der Waals surface area contributed by atoms with E-state index in [0.29, 0.717) is 17.6 Å². The summed E-state index contributed by atoms with van der Waals surface area (Å²) in [5.74, 6) is -2.20. The molecule has 3 saturated heterocycles. The summed E-state index contributed by atoms with van der Waals surface area (Å²) in [4.78, 5) is 51.4. The zero-order chi connectivity index (χ0) is 21.0. The van der Waals surface area contributed by atoms with Gasteiger partial charge in [0.05, 0.1) is 6.04 Å². The monoisotopic (exact) mass is 414 g/mol. The highest BCUT2D eigenvalue weighted by Gasteiger charge is 2.45. The summed E-state index contributed by atoms with van der Waals surface area (Å²) in [6.07, 6.45) is 2.76. The Bertz CT molecular complexity index is 939. The maximum atomic E-state index is 15.3. The Hall–Kier alpha value is -2.65. The minimum atomic E-state index is -1.14. The van der Waals surface area contributed by atoms with Crippen LogP contribution in [0, 0.1) is 5.82 Å². The van der Waals surface area contributed by atoms with Gasteiger partial charge in [-0.25, -0.2) is 4.39 Å². The lowest BCUT2D eigenvalue weighted by Crippen LogP contribution is -2.52. The molecule has 1 aromatic rings. The third kappa shape index (κ3) is 3.13. The van der Waals surface area contributed by atoms with Crippen molar-refractivity contribution >= 4 is 29.6 Å². The topological polar surface area (TPSA) is 98.8 Å². The summed E-state index contributed by atoms with van der Waals surface area (Å²) >= 11 is 0. The lowest BCUT2D eigenvalue weighted by molar-refractivity contribution is -0.141. The largest absolute Gasteiger partial charge is 0.368 e. The van der Waals surface area contributed by atoms with Crippen molar-refractivity contribution in [3.63, 3.8) is 0 Å². The summed E-state index contributed by atoms with van der Waals surface area (Å²) in [7, 11) is 0. The fraction of sp³-hybridized carbons (Fsp3) is 0.524. The van der Waals surface area contributed by atoms with E-state index in [2.05, 4.69) is 15.5 Å². The van der Waals surface area contributed by atoms with Crippen molar-refractivity contribution in [2.24, 2.45) is 0 Å². The minimum Gasteiger partial charge on any atom is -0.368 e. The average molecular weight is 414 g/mol. The molecular weight excluding hydrogens is 391 g/mol. The molecule has 1 aromatic carbocycles. The van der Waals surface area contributed by atoms with Gasteiger partial charge in [-0.3, -0.25) is 29.4 Å². The lowest BCUT2D eigenvalue weighted by atomic mass is 9.98. The number of aldehydes is 1. The second-order valence-corrected chi connectivity index (χ2v) is 8.61. The zero-order valence-electron chi connectivity index (χ0n) is 16.4. The Balaban J connectivity index is 1.49. The summed E-state index contributed by atoms with van der Waals surface area (Å²) in [6, 6.07) is 2.19. The molecule has 4 atom stereocenters. The fourth-order valence-electron chi connectivity index (χ4n) is 5.40. The van der Waals surface area contributed by atoms with E-state index in [1.807, 2.05) is 6.07 Å². The van der Waals surface area contributed by atoms with Crippen molar-refractivity contribution in [2.45, 2.75) is 56.4 Å². The van der Waals surface area contributed by atoms with E-state index in [9.17, 15) is 19.2 Å². The van der Waals surface area contributed by atoms with Crippen LogP contribution in [0.3, 0.4) is 0 Å². The number of carbonyl (C=O) groups is 4. The number of Topliss-reactive ketones (excluding diaryl/α,β-unsaturated/α-hetero) is 1. The van der Waals surface area contributed by atoms with E-state index in [-0.39, 0.29) is 37.1 Å². The third-order valence-electron chi connectivity index (χ3n) is 6.74. The van der Waals surface area contributed by atoms with E-state index in [1.54, 1.807) is 4.90 Å². The number of nitrogens with zero attached hydrogens (tertiary/aromatic N) is 2. The van der Waals surface area contributed by atoms with Gasteiger partial charge in [-0.15, -0.1) is 0 Å². The van der Waals surface area contributed by atoms with E-state index in [4.69, 9.17) is 0 Å². The van der Waals surface area contributed by atoms with Crippen LogP contribution in [-0.4, -0.2) is 60.0 Å². The van der Waals surface area contributed by atoms with Crippen molar-refractivity contribution in [3.8, 4) is 0 Å². The SMILES string of the molecule is O=CC(=O)C1c2c(F)cc(N3CC4CCC(C3)N4)cc2CN1C1CCC(=O)NC1=O. The molecule has 158 valence electrons. The van der Waals surface area contributed by atoms with Crippen LogP contribution < -0.4 is 15.5 Å². The van der Waals surface area contributed by atoms with Gasteiger partial charge in [-0.05, 0) is 37.0 Å². The molecule has 0 radical (unpaired) electrons. The number of ketones is 1. The summed E-state index contributed by atoms with van der Waals surface area (Å²) < 4.78 is 15.3. The van der Waals surface area contributed by atoms with Gasteiger partial charge in [0.15, 0.2) is 6.29 Å². The quantitative estimate of drug-likeness (QED) is 0.412. The number of piperidine rings is 1. The maximum absolute atomic E-state index is 15.3. The van der Waals surface area contributed by atoms with Crippen LogP contribution in [0.5, 0.6) is 0 Å². The molecule has 2 amide bonds. The number of hydrogen-bond donors (Lipinski definition) is 2. The van der Waals surface area contributed by atoms with Gasteiger partial charge < -0.3 is 10.2 Å². The number of rotatable bonds is 4. The lowest BCUT2D eigenvalue weighted by Gasteiger charge is -2.35. The summed E-state index contributed by atoms with van der Waals surface area (Å²) in [5.41, 5.74) is 1.53. The Morgan fingerprint density at radius 3 is 2.53 bits per heavy atom. The van der Waals surface area contributed by atoms with Gasteiger partial charge in [0, 0.05) is 49.4 Å². The molecule has 5 rings (SSSR count). The first-order chi connectivity index (χ1) is 14.4. The second-order valence-electron chi connectivity index (χ2n) is 8.61. The highest BCUT2D eigenvalue weighted by atomic mass is 19.1. The molecule has 4 heterocycles. The number of amides is 2. The van der Waals surface area contributed by atoms with Gasteiger partial charge in [-0.1, -0.05) is 0 Å². The van der Waals surface area contributed by atoms with Crippen molar-refractivity contribution < 1.29 is 23.6 Å². The van der Waals surface area contributed by atoms with Gasteiger partial charge in [0.2, 0.25) is 17.6 Å². The number of halogens is 1. The third-order valence-corrected chi connectivity index (χ3v) is 6.74. The van der Waals surface area contributed by atoms with Crippen molar-refractivity contribution in [2.75, 3.05) is 18.0 Å². The van der Waals surface area contributed by atoms with E-state index in [1.165, 1.54) is 6.07 Å². The maximum Gasteiger partial charge on any atom is 0.243 e. The highest BCUT2D eigenvalue weighted by molar-refractivity contribution is 6.27. The van der Waals surface area contributed by atoms with E-state index < -0.39 is 29.6 Å². The van der Waals surface area contributed by atoms with Crippen molar-refractivity contribution in [1.29, 1.82) is 0 Å². The molecule has 2 N–H and O–H groups in total. The Morgan fingerprint density at radius 2 is 1.87 bits per heavy atom. The van der Waals surface area contributed by atoms with Gasteiger partial charge >= 0.3 is 0 Å². The van der Waals surface area contributed by atoms with Crippen molar-refractivity contribution in [1.82, 2.24) is 15.5 Å². The predicted octanol–water partition coefficient (Wildman–Crippen LogP) is 0.196. The minimum absolute atomic E-state index is 0.141. The van der Waals surface area contributed by atoms with Gasteiger partial charge in [0.1, 0.15) is 11.9 Å². The van der Waals surface area contributed by atoms with Crippen LogP contribution in [0.2, 0.25) is 0 Å². The Kier molecular flexibility index (Phi) is 4.67. The number of piperazine rings is 1. The van der Waals surface area contributed by atoms with Crippen LogP contribution in [0.15, 0.2) is 12.1 Å². The summed E-state index contributed by atoms with van der Waals surface area (Å²) in [6.45, 7) is 1.76. The number of nitrogens with one attached hydrogen (secondary N) is 2. The molecule has 0 aromatic heterocycles. The number of benzene rings is 1. The first-order valence-electron chi connectivity index (χ1n) is 10.4. The predicted molar refractivity (Wildman–Crippen MR) is 104 cm³/mol. The molecule has 0 aliphatic carbocycles. The molecule has 4 aliphatic rings. The van der Waals surface area contributed by atoms with Crippen LogP contribution in [0.25, 0.3) is 0 Å². The zero-order valence-corrected chi connectivity index (χ0v) is 16.4. The van der Waals surface area contributed by atoms with Crippen LogP contribution in [0.4, 0.5) is 10.1 Å². The normalized spacial score (nSPS) is 30.9. The Morgan fingerprint density at radius 1 is 1.13 bits per heavy atom. The van der Waals surface area contributed by atoms with E-state index >= 15 is 4.39 Å². The summed E-state index contributed by atoms with van der Waals surface area (Å²) in [5, 5.41) is 5.82. The van der Waals surface area contributed by atoms with Gasteiger partial charge in [0.25, 0.3) is 0 Å². The molecule has 0 saturated carbocycles. The first-order valence-corrected chi connectivity index (χ1v) is 10.4. The Labute approximate surface area is 172 Å². The number of carbonyl (C=O) groups excluding carboxylic acids is 4. The average Bonchev–Trinajstić information content (AvgIpc) is 3.27. The number of fused-ring (bicyclic) bond motifs is 3. The second kappa shape index (κ2) is 7.24. The first kappa shape index (κ1) is 19.3. The van der Waals surface area contributed by atoms with E-state index in [0.717, 1.165) is 31.6 Å². The standard InChI is InChI=1S/C21H23FN4O4/c22-15-6-14(25-8-12-1-2-13(9-25)23-12)5-11-7-26(20(19(11)15)17(28)10-27)16-3-4-18(29)24-21(16)30/h5-6,10,12-13,16,20,23H,1-4,7-9H2,(H,24,29,30). The fourth-order valence-corrected chi connectivity index (χ4v) is 5.40. The van der Waals surface area contributed by atoms with Crippen molar-refractivity contribution in [3.05, 3.63) is 29.1 Å². The molecule has 4 unspecified atom stereocenters. The molecule has 2 bridgehead atoms. The van der Waals surface area contributed by atoms with Crippen LogP contribution in [0.1, 0.15) is 42.9 Å². The van der Waals surface area contributed by atoms with Crippen LogP contribution in [-0.2, 0) is 25.7 Å². The number of anilines is 1. The molecule has 9 heteroatoms. The highest BCUT2D eigenvalue weighted by Crippen LogP contribution is 2.41. The number of hydrogen-bond acceptors (Lipinski definition) is 7. The molecular formula is C21H23FN4O4. The molecule has 4 aliphatic heterocycles. The molecule has 3 fully saturated rings. The molecule has 30 heavy (non-hydrogen) atoms. The number of imide groups is 1. The smallest absolute Gasteiger partial charge is 0.243 e. The molecule has 8 nitrogen and oxygen atoms in total. The van der Waals surface area contributed by atoms with Gasteiger partial charge in [-0.2, -0.15) is 0 Å².